The van der Waals surface area contributed by atoms with Gasteiger partial charge >= 0.3 is 0 Å². The van der Waals surface area contributed by atoms with Crippen LogP contribution < -0.4 is 5.32 Å². The summed E-state index contributed by atoms with van der Waals surface area (Å²) in [6.07, 6.45) is 0. The molecule has 5 rings (SSSR count). The van der Waals surface area contributed by atoms with E-state index in [4.69, 9.17) is 9.97 Å². The lowest BCUT2D eigenvalue weighted by Crippen LogP contribution is -2.12. The monoisotopic (exact) mass is 392 g/mol. The molecular weight excluding hydrogens is 372 g/mol. The van der Waals surface area contributed by atoms with E-state index < -0.39 is 0 Å². The number of aromatic nitrogens is 3. The van der Waals surface area contributed by atoms with Crippen LogP contribution in [0, 0.1) is 0 Å². The fourth-order valence-electron chi connectivity index (χ4n) is 3.75. The van der Waals surface area contributed by atoms with E-state index in [9.17, 15) is 4.79 Å². The molecule has 0 atom stereocenters. The first-order chi connectivity index (χ1) is 14.7. The van der Waals surface area contributed by atoms with Crippen molar-refractivity contribution >= 4 is 33.5 Å². The lowest BCUT2D eigenvalue weighted by molar-refractivity contribution is 0.102. The summed E-state index contributed by atoms with van der Waals surface area (Å²) in [5.41, 5.74) is 4.85. The maximum Gasteiger partial charge on any atom is 0.255 e. The molecule has 1 N–H and O–H groups in total. The number of benzene rings is 3. The van der Waals surface area contributed by atoms with Crippen molar-refractivity contribution in [2.45, 2.75) is 13.5 Å². The fourth-order valence-corrected chi connectivity index (χ4v) is 3.75. The number of carbonyl (C=O) groups is 1. The number of amides is 1. The summed E-state index contributed by atoms with van der Waals surface area (Å²) in [5.74, 6) is 0.667. The average Bonchev–Trinajstić information content (AvgIpc) is 3.18. The number of rotatable bonds is 4. The molecule has 0 aliphatic rings. The molecule has 0 radical (unpaired) electrons. The van der Waals surface area contributed by atoms with Gasteiger partial charge in [0.1, 0.15) is 5.69 Å². The van der Waals surface area contributed by atoms with Crippen molar-refractivity contribution in [2.24, 2.45) is 0 Å². The van der Waals surface area contributed by atoms with E-state index in [-0.39, 0.29) is 5.91 Å². The molecule has 0 unspecified atom stereocenters. The van der Waals surface area contributed by atoms with Crippen LogP contribution in [0.15, 0.2) is 84.9 Å². The molecule has 0 aliphatic carbocycles. The Hall–Kier alpha value is -3.99. The van der Waals surface area contributed by atoms with Gasteiger partial charge in [0.05, 0.1) is 22.2 Å². The van der Waals surface area contributed by atoms with Crippen LogP contribution in [0.2, 0.25) is 0 Å². The lowest BCUT2D eigenvalue weighted by atomic mass is 10.1. The smallest absolute Gasteiger partial charge is 0.255 e. The Morgan fingerprint density at radius 1 is 0.867 bits per heavy atom. The number of para-hydroxylation sites is 3. The molecule has 0 saturated carbocycles. The molecule has 0 spiro atoms. The van der Waals surface area contributed by atoms with Gasteiger partial charge in [-0.05, 0) is 43.3 Å². The molecule has 0 fully saturated rings. The first-order valence-corrected chi connectivity index (χ1v) is 9.96. The summed E-state index contributed by atoms with van der Waals surface area (Å²) in [6, 6.07) is 27.1. The lowest BCUT2D eigenvalue weighted by Gasteiger charge is -2.10. The normalized spacial score (nSPS) is 11.1. The van der Waals surface area contributed by atoms with Crippen LogP contribution >= 0.6 is 0 Å². The van der Waals surface area contributed by atoms with Gasteiger partial charge in [-0.25, -0.2) is 9.97 Å². The minimum Gasteiger partial charge on any atom is -0.323 e. The van der Waals surface area contributed by atoms with Gasteiger partial charge in [-0.2, -0.15) is 0 Å². The summed E-state index contributed by atoms with van der Waals surface area (Å²) >= 11 is 0. The molecule has 1 amide bonds. The predicted octanol–water partition coefficient (Wildman–Crippen LogP) is 5.52. The zero-order valence-corrected chi connectivity index (χ0v) is 16.5. The van der Waals surface area contributed by atoms with Crippen molar-refractivity contribution < 1.29 is 4.79 Å². The average molecular weight is 392 g/mol. The van der Waals surface area contributed by atoms with E-state index in [1.165, 1.54) is 0 Å². The number of hydrogen-bond donors (Lipinski definition) is 1. The number of imidazole rings is 1. The number of nitrogens with zero attached hydrogens (tertiary/aromatic N) is 3. The topological polar surface area (TPSA) is 59.8 Å². The molecule has 0 bridgehead atoms. The molecule has 146 valence electrons. The molecule has 30 heavy (non-hydrogen) atoms. The fraction of sp³-hybridized carbons (Fsp3) is 0.0800. The first-order valence-electron chi connectivity index (χ1n) is 9.96. The van der Waals surface area contributed by atoms with Crippen molar-refractivity contribution in [1.29, 1.82) is 0 Å². The Morgan fingerprint density at radius 3 is 2.50 bits per heavy atom. The Morgan fingerprint density at radius 2 is 1.67 bits per heavy atom. The molecule has 0 aliphatic heterocycles. The first kappa shape index (κ1) is 18.1. The van der Waals surface area contributed by atoms with Crippen LogP contribution in [0.3, 0.4) is 0 Å². The van der Waals surface area contributed by atoms with Gasteiger partial charge in [-0.15, -0.1) is 0 Å². The van der Waals surface area contributed by atoms with Gasteiger partial charge in [0.15, 0.2) is 5.82 Å². The molecule has 2 heterocycles. The Balaban J connectivity index is 1.61. The van der Waals surface area contributed by atoms with Gasteiger partial charge in [0, 0.05) is 17.5 Å². The van der Waals surface area contributed by atoms with Crippen LogP contribution in [-0.4, -0.2) is 20.4 Å². The highest BCUT2D eigenvalue weighted by Gasteiger charge is 2.15. The summed E-state index contributed by atoms with van der Waals surface area (Å²) in [6.45, 7) is 2.89. The zero-order chi connectivity index (χ0) is 20.5. The van der Waals surface area contributed by atoms with Crippen molar-refractivity contribution in [2.75, 3.05) is 5.32 Å². The Labute approximate surface area is 174 Å². The van der Waals surface area contributed by atoms with Gasteiger partial charge in [0.25, 0.3) is 5.91 Å². The van der Waals surface area contributed by atoms with E-state index in [0.29, 0.717) is 11.3 Å². The van der Waals surface area contributed by atoms with Crippen LogP contribution in [0.4, 0.5) is 5.69 Å². The minimum atomic E-state index is -0.156. The maximum absolute atomic E-state index is 12.7. The number of hydrogen-bond acceptors (Lipinski definition) is 3. The van der Waals surface area contributed by atoms with Crippen LogP contribution in [0.25, 0.3) is 33.5 Å². The summed E-state index contributed by atoms with van der Waals surface area (Å²) < 4.78 is 2.16. The maximum atomic E-state index is 12.7. The minimum absolute atomic E-state index is 0.156. The second-order valence-corrected chi connectivity index (χ2v) is 7.06. The second kappa shape index (κ2) is 7.44. The SMILES string of the molecule is CCn1c(-c2ccc3cccc(NC(=O)c4ccccc4)c3n2)nc2ccccc21. The summed E-state index contributed by atoms with van der Waals surface area (Å²) in [4.78, 5) is 22.4. The number of anilines is 1. The number of nitrogens with one attached hydrogen (secondary N) is 1. The number of fused-ring (bicyclic) bond motifs is 2. The molecule has 5 nitrogen and oxygen atoms in total. The highest BCUT2D eigenvalue weighted by molar-refractivity contribution is 6.08. The molecule has 2 aromatic heterocycles. The van der Waals surface area contributed by atoms with Crippen LogP contribution in [0.1, 0.15) is 17.3 Å². The van der Waals surface area contributed by atoms with Crippen molar-refractivity contribution in [3.05, 3.63) is 90.5 Å². The quantitative estimate of drug-likeness (QED) is 0.438. The number of carbonyl (C=O) groups excluding carboxylic acids is 1. The number of pyridine rings is 1. The molecule has 5 heteroatoms. The van der Waals surface area contributed by atoms with E-state index in [2.05, 4.69) is 22.9 Å². The zero-order valence-electron chi connectivity index (χ0n) is 16.5. The van der Waals surface area contributed by atoms with Gasteiger partial charge in [-0.1, -0.05) is 48.5 Å². The van der Waals surface area contributed by atoms with E-state index in [1.807, 2.05) is 66.7 Å². The van der Waals surface area contributed by atoms with Gasteiger partial charge < -0.3 is 9.88 Å². The third-order valence-electron chi connectivity index (χ3n) is 5.20. The third kappa shape index (κ3) is 3.10. The van der Waals surface area contributed by atoms with E-state index in [1.54, 1.807) is 12.1 Å². The van der Waals surface area contributed by atoms with E-state index >= 15 is 0 Å². The van der Waals surface area contributed by atoms with Crippen LogP contribution in [0.5, 0.6) is 0 Å². The standard InChI is InChI=1S/C25H20N4O/c1-2-29-22-14-7-6-12-19(22)27-24(29)21-16-15-17-11-8-13-20(23(17)26-21)28-25(30)18-9-4-3-5-10-18/h3-16H,2H2,1H3,(H,28,30). The Kier molecular flexibility index (Phi) is 4.48. The molecular formula is C25H20N4O. The third-order valence-corrected chi connectivity index (χ3v) is 5.20. The Bertz CT molecular complexity index is 1370. The van der Waals surface area contributed by atoms with Crippen molar-refractivity contribution in [3.63, 3.8) is 0 Å². The van der Waals surface area contributed by atoms with Gasteiger partial charge in [0.2, 0.25) is 0 Å². The number of aryl methyl sites for hydroxylation is 1. The van der Waals surface area contributed by atoms with E-state index in [0.717, 1.165) is 40.0 Å². The van der Waals surface area contributed by atoms with Crippen LogP contribution in [-0.2, 0) is 6.54 Å². The summed E-state index contributed by atoms with van der Waals surface area (Å²) in [5, 5.41) is 3.97. The summed E-state index contributed by atoms with van der Waals surface area (Å²) in [7, 11) is 0. The highest BCUT2D eigenvalue weighted by atomic mass is 16.1. The predicted molar refractivity (Wildman–Crippen MR) is 121 cm³/mol. The molecule has 3 aromatic carbocycles. The largest absolute Gasteiger partial charge is 0.323 e. The highest BCUT2D eigenvalue weighted by Crippen LogP contribution is 2.28. The molecule has 5 aromatic rings. The second-order valence-electron chi connectivity index (χ2n) is 7.06. The van der Waals surface area contributed by atoms with Crippen molar-refractivity contribution in [3.8, 4) is 11.5 Å². The van der Waals surface area contributed by atoms with Gasteiger partial charge in [-0.3, -0.25) is 4.79 Å². The molecule has 0 saturated heterocycles. The van der Waals surface area contributed by atoms with Crippen molar-refractivity contribution in [1.82, 2.24) is 14.5 Å².